The summed E-state index contributed by atoms with van der Waals surface area (Å²) in [4.78, 5) is 14.9. The zero-order valence-electron chi connectivity index (χ0n) is 11.2. The van der Waals surface area contributed by atoms with Crippen LogP contribution in [-0.2, 0) is 0 Å². The van der Waals surface area contributed by atoms with Gasteiger partial charge in [0.2, 0.25) is 0 Å². The molecule has 1 aromatic carbocycles. The maximum atomic E-state index is 12.3. The molecule has 0 aliphatic carbocycles. The van der Waals surface area contributed by atoms with Gasteiger partial charge in [-0.05, 0) is 60.3 Å². The van der Waals surface area contributed by atoms with Crippen molar-refractivity contribution in [3.63, 3.8) is 0 Å². The molecule has 1 amide bonds. The molecule has 1 aromatic rings. The van der Waals surface area contributed by atoms with E-state index in [4.69, 9.17) is 11.6 Å². The van der Waals surface area contributed by atoms with E-state index in [1.807, 2.05) is 12.1 Å². The van der Waals surface area contributed by atoms with Crippen molar-refractivity contribution >= 4 is 33.4 Å². The van der Waals surface area contributed by atoms with E-state index in [2.05, 4.69) is 26.1 Å². The molecule has 2 saturated heterocycles. The van der Waals surface area contributed by atoms with Crippen molar-refractivity contribution in [3.05, 3.63) is 33.3 Å². The second-order valence-corrected chi connectivity index (χ2v) is 6.86. The van der Waals surface area contributed by atoms with Crippen molar-refractivity contribution in [1.29, 1.82) is 0 Å². The number of benzene rings is 1. The first-order valence-corrected chi connectivity index (χ1v) is 8.31. The van der Waals surface area contributed by atoms with Crippen LogP contribution in [0.25, 0.3) is 0 Å². The number of fused-ring (bicyclic) bond motifs is 1. The first kappa shape index (κ1) is 14.4. The van der Waals surface area contributed by atoms with Gasteiger partial charge in [-0.25, -0.2) is 0 Å². The van der Waals surface area contributed by atoms with E-state index in [1.54, 1.807) is 6.07 Å². The molecule has 0 saturated carbocycles. The first-order valence-electron chi connectivity index (χ1n) is 7.14. The van der Waals surface area contributed by atoms with Crippen LogP contribution < -0.4 is 5.32 Å². The number of halogens is 2. The molecular formula is C15H18BrClN2O. The van der Waals surface area contributed by atoms with E-state index in [1.165, 1.54) is 19.4 Å². The highest BCUT2D eigenvalue weighted by molar-refractivity contribution is 9.10. The molecule has 108 valence electrons. The van der Waals surface area contributed by atoms with Crippen LogP contribution in [0.5, 0.6) is 0 Å². The average molecular weight is 358 g/mol. The summed E-state index contributed by atoms with van der Waals surface area (Å²) in [5, 5.41) is 3.63. The highest BCUT2D eigenvalue weighted by atomic mass is 79.9. The fourth-order valence-electron chi connectivity index (χ4n) is 3.30. The molecule has 2 aliphatic rings. The minimum Gasteiger partial charge on any atom is -0.349 e. The molecule has 3 rings (SSSR count). The Hall–Kier alpha value is -0.580. The summed E-state index contributed by atoms with van der Waals surface area (Å²) < 4.78 is 0.762. The molecular weight excluding hydrogens is 340 g/mol. The third-order valence-electron chi connectivity index (χ3n) is 4.35. The van der Waals surface area contributed by atoms with Crippen LogP contribution in [0, 0.1) is 0 Å². The van der Waals surface area contributed by atoms with E-state index in [-0.39, 0.29) is 11.9 Å². The molecule has 0 spiro atoms. The highest BCUT2D eigenvalue weighted by Crippen LogP contribution is 2.28. The number of piperidine rings is 1. The number of hydrogen-bond acceptors (Lipinski definition) is 2. The van der Waals surface area contributed by atoms with Gasteiger partial charge in [0.25, 0.3) is 5.91 Å². The second-order valence-electron chi connectivity index (χ2n) is 5.63. The summed E-state index contributed by atoms with van der Waals surface area (Å²) in [6.07, 6.45) is 4.66. The van der Waals surface area contributed by atoms with Gasteiger partial charge >= 0.3 is 0 Å². The number of carbonyl (C=O) groups excluding carboxylic acids is 1. The van der Waals surface area contributed by atoms with Crippen molar-refractivity contribution in [3.8, 4) is 0 Å². The molecule has 20 heavy (non-hydrogen) atoms. The summed E-state index contributed by atoms with van der Waals surface area (Å²) in [6, 6.07) is 6.39. The largest absolute Gasteiger partial charge is 0.349 e. The van der Waals surface area contributed by atoms with E-state index in [0.717, 1.165) is 23.9 Å². The molecule has 2 aliphatic heterocycles. The van der Waals surface area contributed by atoms with Gasteiger partial charge in [0.15, 0.2) is 0 Å². The monoisotopic (exact) mass is 356 g/mol. The first-order chi connectivity index (χ1) is 9.65. The van der Waals surface area contributed by atoms with E-state index in [9.17, 15) is 4.79 Å². The molecule has 5 heteroatoms. The van der Waals surface area contributed by atoms with Gasteiger partial charge in [-0.2, -0.15) is 0 Å². The third kappa shape index (κ3) is 2.87. The maximum Gasteiger partial charge on any atom is 0.253 e. The zero-order valence-corrected chi connectivity index (χ0v) is 13.6. The Morgan fingerprint density at radius 3 is 3.05 bits per heavy atom. The molecule has 1 N–H and O–H groups in total. The Bertz CT molecular complexity index is 523. The molecule has 2 heterocycles. The van der Waals surface area contributed by atoms with Gasteiger partial charge in [-0.15, -0.1) is 0 Å². The molecule has 0 radical (unpaired) electrons. The predicted molar refractivity (Wildman–Crippen MR) is 84.2 cm³/mol. The van der Waals surface area contributed by atoms with Crippen LogP contribution in [-0.4, -0.2) is 36.0 Å². The second kappa shape index (κ2) is 6.04. The van der Waals surface area contributed by atoms with Gasteiger partial charge in [-0.1, -0.05) is 17.7 Å². The van der Waals surface area contributed by atoms with E-state index in [0.29, 0.717) is 16.6 Å². The summed E-state index contributed by atoms with van der Waals surface area (Å²) in [7, 11) is 0. The lowest BCUT2D eigenvalue weighted by Crippen LogP contribution is -2.47. The lowest BCUT2D eigenvalue weighted by Gasteiger charge is -2.35. The number of carbonyl (C=O) groups is 1. The van der Waals surface area contributed by atoms with Crippen molar-refractivity contribution in [2.24, 2.45) is 0 Å². The van der Waals surface area contributed by atoms with Crippen LogP contribution in [0.3, 0.4) is 0 Å². The number of nitrogens with zero attached hydrogens (tertiary/aromatic N) is 1. The van der Waals surface area contributed by atoms with E-state index < -0.39 is 0 Å². The number of nitrogens with one attached hydrogen (secondary N) is 1. The smallest absolute Gasteiger partial charge is 0.253 e. The summed E-state index contributed by atoms with van der Waals surface area (Å²) in [5.41, 5.74) is 0.551. The third-order valence-corrected chi connectivity index (χ3v) is 5.65. The van der Waals surface area contributed by atoms with Crippen LogP contribution in [0.15, 0.2) is 22.7 Å². The van der Waals surface area contributed by atoms with Crippen molar-refractivity contribution < 1.29 is 4.79 Å². The summed E-state index contributed by atoms with van der Waals surface area (Å²) in [6.45, 7) is 2.32. The quantitative estimate of drug-likeness (QED) is 0.879. The normalized spacial score (nSPS) is 26.3. The molecule has 3 nitrogen and oxygen atoms in total. The van der Waals surface area contributed by atoms with E-state index >= 15 is 0 Å². The average Bonchev–Trinajstić information content (AvgIpc) is 2.89. The lowest BCUT2D eigenvalue weighted by atomic mass is 9.97. The van der Waals surface area contributed by atoms with Gasteiger partial charge in [0.1, 0.15) is 0 Å². The molecule has 2 atom stereocenters. The molecule has 2 unspecified atom stereocenters. The fourth-order valence-corrected chi connectivity index (χ4v) is 3.88. The Balaban J connectivity index is 1.65. The fraction of sp³-hybridized carbons (Fsp3) is 0.533. The number of hydrogen-bond donors (Lipinski definition) is 1. The van der Waals surface area contributed by atoms with Crippen molar-refractivity contribution in [2.75, 3.05) is 13.1 Å². The minimum atomic E-state index is -0.0623. The Morgan fingerprint density at radius 2 is 2.20 bits per heavy atom. The Labute approximate surface area is 132 Å². The van der Waals surface area contributed by atoms with Gasteiger partial charge in [0, 0.05) is 23.1 Å². The van der Waals surface area contributed by atoms with Crippen LogP contribution in [0.2, 0.25) is 5.02 Å². The van der Waals surface area contributed by atoms with Crippen molar-refractivity contribution in [2.45, 2.75) is 37.8 Å². The molecule has 0 aromatic heterocycles. The summed E-state index contributed by atoms with van der Waals surface area (Å²) >= 11 is 9.54. The Kier molecular flexibility index (Phi) is 4.34. The Morgan fingerprint density at radius 1 is 1.35 bits per heavy atom. The minimum absolute atomic E-state index is 0.0623. The van der Waals surface area contributed by atoms with Crippen LogP contribution in [0.1, 0.15) is 36.0 Å². The maximum absolute atomic E-state index is 12.3. The topological polar surface area (TPSA) is 32.3 Å². The van der Waals surface area contributed by atoms with Gasteiger partial charge < -0.3 is 10.2 Å². The number of amides is 1. The number of rotatable bonds is 2. The highest BCUT2D eigenvalue weighted by Gasteiger charge is 2.32. The predicted octanol–water partition coefficient (Wildman–Crippen LogP) is 3.46. The summed E-state index contributed by atoms with van der Waals surface area (Å²) in [5.74, 6) is -0.0623. The molecule has 0 bridgehead atoms. The van der Waals surface area contributed by atoms with Crippen LogP contribution >= 0.6 is 27.5 Å². The zero-order chi connectivity index (χ0) is 14.1. The standard InChI is InChI=1S/C15H18BrClN2O/c16-13-5-1-4-12(14(13)17)15(20)18-10-6-8-19-7-2-3-11(19)9-10/h1,4-5,10-11H,2-3,6-9H2,(H,18,20). The van der Waals surface area contributed by atoms with Gasteiger partial charge in [-0.3, -0.25) is 4.79 Å². The van der Waals surface area contributed by atoms with Crippen molar-refractivity contribution in [1.82, 2.24) is 10.2 Å². The lowest BCUT2D eigenvalue weighted by molar-refractivity contribution is 0.0896. The SMILES string of the molecule is O=C(NC1CCN2CCCC2C1)c1cccc(Br)c1Cl. The van der Waals surface area contributed by atoms with Gasteiger partial charge in [0.05, 0.1) is 10.6 Å². The molecule has 2 fully saturated rings. The van der Waals surface area contributed by atoms with Crippen LogP contribution in [0.4, 0.5) is 0 Å².